The van der Waals surface area contributed by atoms with Crippen LogP contribution in [0.15, 0.2) is 18.5 Å². The highest BCUT2D eigenvalue weighted by atomic mass is 35.5. The monoisotopic (exact) mass is 266 g/mol. The van der Waals surface area contributed by atoms with Gasteiger partial charge < -0.3 is 0 Å². The van der Waals surface area contributed by atoms with Crippen molar-refractivity contribution in [2.45, 2.75) is 6.92 Å². The normalized spacial score (nSPS) is 8.00. The number of aromatic nitrogens is 3. The van der Waals surface area contributed by atoms with E-state index in [1.54, 1.807) is 23.0 Å². The van der Waals surface area contributed by atoms with Gasteiger partial charge in [-0.25, -0.2) is 9.50 Å². The van der Waals surface area contributed by atoms with Gasteiger partial charge in [0.25, 0.3) is 0 Å². The van der Waals surface area contributed by atoms with E-state index in [4.69, 9.17) is 5.26 Å². The molecule has 0 amide bonds. The molecule has 82 valence electrons. The molecule has 0 spiro atoms. The van der Waals surface area contributed by atoms with Gasteiger partial charge >= 0.3 is 0 Å². The minimum atomic E-state index is 0. The summed E-state index contributed by atoms with van der Waals surface area (Å²) in [4.78, 5) is 4.16. The Morgan fingerprint density at radius 2 is 2.00 bits per heavy atom. The molecule has 0 aliphatic rings. The fourth-order valence-corrected chi connectivity index (χ4v) is 1.10. The van der Waals surface area contributed by atoms with Gasteiger partial charge in [0.05, 0.1) is 17.5 Å². The highest BCUT2D eigenvalue weighted by molar-refractivity contribution is 5.86. The first-order chi connectivity index (χ1) is 5.81. The van der Waals surface area contributed by atoms with E-state index in [1.165, 1.54) is 0 Å². The molecule has 0 unspecified atom stereocenters. The average Bonchev–Trinajstić information content (AvgIpc) is 2.44. The van der Waals surface area contributed by atoms with Crippen LogP contribution in [0.2, 0.25) is 0 Å². The Hall–Kier alpha value is -1.02. The van der Waals surface area contributed by atoms with Crippen LogP contribution in [0, 0.1) is 18.3 Å². The van der Waals surface area contributed by atoms with Crippen molar-refractivity contribution < 1.29 is 0 Å². The molecule has 4 nitrogen and oxygen atoms in total. The number of nitrogens with zero attached hydrogens (tertiary/aromatic N) is 4. The lowest BCUT2D eigenvalue weighted by molar-refractivity contribution is 0.931. The van der Waals surface area contributed by atoms with Gasteiger partial charge in [0.15, 0.2) is 5.65 Å². The Balaban J connectivity index is 0. The van der Waals surface area contributed by atoms with Crippen LogP contribution in [0.4, 0.5) is 0 Å². The number of aryl methyl sites for hydroxylation is 1. The summed E-state index contributed by atoms with van der Waals surface area (Å²) < 4.78 is 1.61. The molecule has 2 rings (SSSR count). The third-order valence-corrected chi connectivity index (χ3v) is 1.60. The number of fused-ring (bicyclic) bond motifs is 1. The second-order valence-corrected chi connectivity index (χ2v) is 2.51. The van der Waals surface area contributed by atoms with E-state index >= 15 is 0 Å². The lowest BCUT2D eigenvalue weighted by atomic mass is 10.3. The number of halogens is 3. The number of nitriles is 1. The van der Waals surface area contributed by atoms with E-state index in [0.29, 0.717) is 11.2 Å². The van der Waals surface area contributed by atoms with Crippen LogP contribution in [0.3, 0.4) is 0 Å². The van der Waals surface area contributed by atoms with Crippen LogP contribution in [-0.4, -0.2) is 14.6 Å². The molecule has 0 saturated heterocycles. The van der Waals surface area contributed by atoms with Crippen LogP contribution in [-0.2, 0) is 0 Å². The third kappa shape index (κ3) is 2.96. The minimum Gasteiger partial charge on any atom is -0.231 e. The lowest BCUT2D eigenvalue weighted by Crippen LogP contribution is -1.91. The molecule has 0 atom stereocenters. The van der Waals surface area contributed by atoms with E-state index in [2.05, 4.69) is 16.2 Å². The Bertz CT molecular complexity index is 474. The minimum absolute atomic E-state index is 0. The first-order valence-electron chi connectivity index (χ1n) is 3.52. The van der Waals surface area contributed by atoms with Crippen molar-refractivity contribution in [3.8, 4) is 6.07 Å². The average molecular weight is 268 g/mol. The Labute approximate surface area is 106 Å². The summed E-state index contributed by atoms with van der Waals surface area (Å²) in [6.07, 6.45) is 3.38. The summed E-state index contributed by atoms with van der Waals surface area (Å²) in [5.74, 6) is 0. The molecule has 2 aromatic heterocycles. The fraction of sp³-hybridized carbons (Fsp3) is 0.125. The van der Waals surface area contributed by atoms with Crippen LogP contribution >= 0.6 is 37.2 Å². The summed E-state index contributed by atoms with van der Waals surface area (Å²) in [5, 5.41) is 12.7. The Kier molecular flexibility index (Phi) is 7.07. The van der Waals surface area contributed by atoms with Crippen LogP contribution in [0.5, 0.6) is 0 Å². The summed E-state index contributed by atoms with van der Waals surface area (Å²) >= 11 is 0. The molecular weight excluding hydrogens is 258 g/mol. The van der Waals surface area contributed by atoms with E-state index in [1.807, 2.05) is 6.92 Å². The van der Waals surface area contributed by atoms with Gasteiger partial charge in [0.2, 0.25) is 0 Å². The highest BCUT2D eigenvalue weighted by Crippen LogP contribution is 2.06. The number of imidazole rings is 1. The number of hydrogen-bond acceptors (Lipinski definition) is 3. The predicted molar refractivity (Wildman–Crippen MR) is 64.2 cm³/mol. The summed E-state index contributed by atoms with van der Waals surface area (Å²) in [5.41, 5.74) is 2.04. The number of hydrogen-bond donors (Lipinski definition) is 0. The third-order valence-electron chi connectivity index (χ3n) is 1.60. The molecule has 0 bridgehead atoms. The molecule has 0 saturated carbocycles. The van der Waals surface area contributed by atoms with Crippen molar-refractivity contribution in [3.05, 3.63) is 29.7 Å². The van der Waals surface area contributed by atoms with Gasteiger partial charge in [0, 0.05) is 6.20 Å². The van der Waals surface area contributed by atoms with Crippen LogP contribution < -0.4 is 0 Å². The Morgan fingerprint density at radius 1 is 1.33 bits per heavy atom. The van der Waals surface area contributed by atoms with E-state index in [0.717, 1.165) is 5.69 Å². The molecule has 7 heteroatoms. The molecule has 2 heterocycles. The van der Waals surface area contributed by atoms with Crippen molar-refractivity contribution in [1.29, 1.82) is 5.26 Å². The van der Waals surface area contributed by atoms with Gasteiger partial charge in [-0.2, -0.15) is 10.4 Å². The zero-order valence-electron chi connectivity index (χ0n) is 7.75. The predicted octanol–water partition coefficient (Wildman–Crippen LogP) is 2.17. The second kappa shape index (κ2) is 6.46. The molecule has 0 N–H and O–H groups in total. The molecule has 2 aromatic rings. The highest BCUT2D eigenvalue weighted by Gasteiger charge is 2.02. The van der Waals surface area contributed by atoms with E-state index in [9.17, 15) is 0 Å². The van der Waals surface area contributed by atoms with Crippen LogP contribution in [0.25, 0.3) is 5.65 Å². The fourth-order valence-electron chi connectivity index (χ4n) is 1.10. The summed E-state index contributed by atoms with van der Waals surface area (Å²) in [7, 11) is 0. The molecular formula is C8H9Cl3N4. The van der Waals surface area contributed by atoms with Crippen LogP contribution in [0.1, 0.15) is 11.3 Å². The standard InChI is InChI=1S/C8H6N4.3ClH/c1-6-5-12-8(11-6)7(4-9)2-3-10-12;;;/h2-3,5H,1H3;3*1H. The first kappa shape index (κ1) is 16.4. The maximum absolute atomic E-state index is 8.71. The van der Waals surface area contributed by atoms with Gasteiger partial charge in [-0.1, -0.05) is 0 Å². The summed E-state index contributed by atoms with van der Waals surface area (Å²) in [6.45, 7) is 1.87. The lowest BCUT2D eigenvalue weighted by Gasteiger charge is -1.90. The van der Waals surface area contributed by atoms with Gasteiger partial charge in [0.1, 0.15) is 6.07 Å². The van der Waals surface area contributed by atoms with Crippen molar-refractivity contribution in [2.75, 3.05) is 0 Å². The van der Waals surface area contributed by atoms with Gasteiger partial charge in [-0.15, -0.1) is 37.2 Å². The van der Waals surface area contributed by atoms with Crippen molar-refractivity contribution >= 4 is 42.9 Å². The van der Waals surface area contributed by atoms with Gasteiger partial charge in [-0.05, 0) is 13.0 Å². The van der Waals surface area contributed by atoms with Crippen molar-refractivity contribution in [3.63, 3.8) is 0 Å². The second-order valence-electron chi connectivity index (χ2n) is 2.51. The SMILES string of the molecule is Cc1cn2nccc(C#N)c2n1.Cl.Cl.Cl. The maximum Gasteiger partial charge on any atom is 0.171 e. The molecule has 0 aromatic carbocycles. The zero-order valence-corrected chi connectivity index (χ0v) is 10.2. The zero-order chi connectivity index (χ0) is 8.55. The maximum atomic E-state index is 8.71. The molecule has 0 aliphatic heterocycles. The van der Waals surface area contributed by atoms with Gasteiger partial charge in [-0.3, -0.25) is 0 Å². The topological polar surface area (TPSA) is 54.0 Å². The number of rotatable bonds is 0. The van der Waals surface area contributed by atoms with Crippen molar-refractivity contribution in [2.24, 2.45) is 0 Å². The summed E-state index contributed by atoms with van der Waals surface area (Å²) in [6, 6.07) is 3.71. The first-order valence-corrected chi connectivity index (χ1v) is 3.52. The van der Waals surface area contributed by atoms with E-state index < -0.39 is 0 Å². The van der Waals surface area contributed by atoms with Crippen molar-refractivity contribution in [1.82, 2.24) is 14.6 Å². The smallest absolute Gasteiger partial charge is 0.171 e. The molecule has 15 heavy (non-hydrogen) atoms. The van der Waals surface area contributed by atoms with E-state index in [-0.39, 0.29) is 37.2 Å². The molecule has 0 radical (unpaired) electrons. The molecule has 0 aliphatic carbocycles. The largest absolute Gasteiger partial charge is 0.231 e. The molecule has 0 fully saturated rings. The quantitative estimate of drug-likeness (QED) is 0.735. The Morgan fingerprint density at radius 3 is 2.60 bits per heavy atom.